The van der Waals surface area contributed by atoms with Crippen molar-refractivity contribution in [2.45, 2.75) is 107 Å². The minimum Gasteiger partial charge on any atom is -0.344 e. The molecule has 1 unspecified atom stereocenters. The summed E-state index contributed by atoms with van der Waals surface area (Å²) in [6.07, 6.45) is 19.3. The van der Waals surface area contributed by atoms with Gasteiger partial charge in [-0.05, 0) is 6.42 Å². The summed E-state index contributed by atoms with van der Waals surface area (Å²) in [5.41, 5.74) is 0. The van der Waals surface area contributed by atoms with Gasteiger partial charge in [-0.3, -0.25) is 4.79 Å². The Kier molecular flexibility index (Phi) is 17.4. The Labute approximate surface area is 177 Å². The van der Waals surface area contributed by atoms with E-state index < -0.39 is 0 Å². The van der Waals surface area contributed by atoms with Crippen LogP contribution in [0, 0.1) is 0 Å². The van der Waals surface area contributed by atoms with E-state index in [1.54, 1.807) is 0 Å². The van der Waals surface area contributed by atoms with Gasteiger partial charge in [0.25, 0.3) is 0 Å². The zero-order chi connectivity index (χ0) is 19.7. The minimum atomic E-state index is 0.230. The molecule has 26 heavy (non-hydrogen) atoms. The maximum atomic E-state index is 12.0. The first-order chi connectivity index (χ1) is 12.3. The lowest BCUT2D eigenvalue weighted by Gasteiger charge is -2.25. The molecule has 0 aliphatic heterocycles. The van der Waals surface area contributed by atoms with Gasteiger partial charge in [0.05, 0.1) is 31.7 Å². The van der Waals surface area contributed by atoms with Crippen LogP contribution >= 0.6 is 22.6 Å². The van der Waals surface area contributed by atoms with Crippen LogP contribution in [0.3, 0.4) is 0 Å². The molecule has 0 saturated carbocycles. The SMILES string of the molecule is CCCCCCCCCCCCCCCC(=O)NC(I)CC[N+](C)(C)C. The molecule has 0 aromatic rings. The number of quaternary nitrogens is 1. The Bertz CT molecular complexity index is 329. The topological polar surface area (TPSA) is 29.1 Å². The molecule has 0 aliphatic rings. The van der Waals surface area contributed by atoms with Crippen LogP contribution in [-0.4, -0.2) is 42.1 Å². The van der Waals surface area contributed by atoms with Crippen LogP contribution < -0.4 is 5.32 Å². The minimum absolute atomic E-state index is 0.230. The molecule has 0 rings (SSSR count). The van der Waals surface area contributed by atoms with Crippen LogP contribution in [0.5, 0.6) is 0 Å². The second-order valence-corrected chi connectivity index (χ2v) is 10.3. The summed E-state index contributed by atoms with van der Waals surface area (Å²) in [7, 11) is 6.58. The van der Waals surface area contributed by atoms with Gasteiger partial charge in [-0.25, -0.2) is 0 Å². The summed E-state index contributed by atoms with van der Waals surface area (Å²) in [4.78, 5) is 12.0. The van der Waals surface area contributed by atoms with E-state index in [9.17, 15) is 4.79 Å². The van der Waals surface area contributed by atoms with E-state index in [0.29, 0.717) is 6.42 Å². The number of carbonyl (C=O) groups is 1. The highest BCUT2D eigenvalue weighted by molar-refractivity contribution is 14.1. The number of amides is 1. The Morgan fingerprint density at radius 1 is 0.808 bits per heavy atom. The Hall–Kier alpha value is 0.160. The molecule has 1 amide bonds. The normalized spacial score (nSPS) is 13.0. The lowest BCUT2D eigenvalue weighted by molar-refractivity contribution is -0.870. The van der Waals surface area contributed by atoms with Crippen molar-refractivity contribution >= 4 is 28.5 Å². The third kappa shape index (κ3) is 20.5. The molecule has 0 saturated heterocycles. The van der Waals surface area contributed by atoms with Crippen molar-refractivity contribution < 1.29 is 9.28 Å². The van der Waals surface area contributed by atoms with Crippen LogP contribution in [-0.2, 0) is 4.79 Å². The van der Waals surface area contributed by atoms with Gasteiger partial charge < -0.3 is 9.80 Å². The first kappa shape index (κ1) is 26.2. The van der Waals surface area contributed by atoms with Crippen molar-refractivity contribution in [1.29, 1.82) is 0 Å². The highest BCUT2D eigenvalue weighted by atomic mass is 127. The number of unbranched alkanes of at least 4 members (excludes halogenated alkanes) is 12. The molecule has 1 N–H and O–H groups in total. The van der Waals surface area contributed by atoms with Gasteiger partial charge in [0.15, 0.2) is 0 Å². The summed E-state index contributed by atoms with van der Waals surface area (Å²) in [6, 6.07) is 0. The second kappa shape index (κ2) is 17.3. The summed E-state index contributed by atoms with van der Waals surface area (Å²) in [5, 5.41) is 3.13. The number of hydrogen-bond acceptors (Lipinski definition) is 1. The summed E-state index contributed by atoms with van der Waals surface area (Å²) >= 11 is 2.35. The van der Waals surface area contributed by atoms with E-state index in [2.05, 4.69) is 56.0 Å². The molecule has 0 aromatic carbocycles. The molecule has 0 aliphatic carbocycles. The molecule has 0 aromatic heterocycles. The summed E-state index contributed by atoms with van der Waals surface area (Å²) in [5.74, 6) is 0.230. The van der Waals surface area contributed by atoms with E-state index >= 15 is 0 Å². The average Bonchev–Trinajstić information content (AvgIpc) is 2.56. The van der Waals surface area contributed by atoms with E-state index in [1.165, 1.54) is 77.0 Å². The van der Waals surface area contributed by atoms with Gasteiger partial charge in [0, 0.05) is 12.8 Å². The van der Waals surface area contributed by atoms with Gasteiger partial charge in [0.2, 0.25) is 5.91 Å². The third-order valence-electron chi connectivity index (χ3n) is 4.88. The maximum absolute atomic E-state index is 12.0. The number of halogens is 1. The largest absolute Gasteiger partial charge is 0.344 e. The van der Waals surface area contributed by atoms with E-state index in [0.717, 1.165) is 23.9 Å². The van der Waals surface area contributed by atoms with Crippen LogP contribution in [0.25, 0.3) is 0 Å². The Balaban J connectivity index is 3.32. The molecule has 0 spiro atoms. The zero-order valence-corrected chi connectivity index (χ0v) is 20.3. The molecule has 3 nitrogen and oxygen atoms in total. The smallest absolute Gasteiger partial charge is 0.220 e. The van der Waals surface area contributed by atoms with Crippen molar-refractivity contribution in [2.75, 3.05) is 27.7 Å². The highest BCUT2D eigenvalue weighted by Gasteiger charge is 2.13. The number of nitrogens with one attached hydrogen (secondary N) is 1. The van der Waals surface area contributed by atoms with Gasteiger partial charge in [-0.2, -0.15) is 0 Å². The molecular formula is C22H46IN2O+. The second-order valence-electron chi connectivity index (χ2n) is 8.83. The fourth-order valence-electron chi connectivity index (χ4n) is 3.12. The molecule has 156 valence electrons. The molecule has 1 atom stereocenters. The summed E-state index contributed by atoms with van der Waals surface area (Å²) < 4.78 is 1.22. The molecule has 4 heteroatoms. The molecule has 0 bridgehead atoms. The van der Waals surface area contributed by atoms with Crippen LogP contribution in [0.15, 0.2) is 0 Å². The average molecular weight is 482 g/mol. The first-order valence-electron chi connectivity index (χ1n) is 11.1. The van der Waals surface area contributed by atoms with Crippen molar-refractivity contribution in [2.24, 2.45) is 0 Å². The van der Waals surface area contributed by atoms with Crippen LogP contribution in [0.1, 0.15) is 103 Å². The molecule has 0 radical (unpaired) electrons. The van der Waals surface area contributed by atoms with Gasteiger partial charge in [0.1, 0.15) is 0 Å². The molecule has 0 fully saturated rings. The lowest BCUT2D eigenvalue weighted by atomic mass is 10.0. The number of hydrogen-bond donors (Lipinski definition) is 1. The standard InChI is InChI=1S/C22H45IN2O/c1-5-6-7-8-9-10-11-12-13-14-15-16-17-18-22(26)24-21(23)19-20-25(2,3)4/h21H,5-20H2,1-4H3/p+1. The van der Waals surface area contributed by atoms with Crippen LogP contribution in [0.4, 0.5) is 0 Å². The van der Waals surface area contributed by atoms with Gasteiger partial charge in [-0.15, -0.1) is 0 Å². The van der Waals surface area contributed by atoms with Gasteiger partial charge >= 0.3 is 0 Å². The molecular weight excluding hydrogens is 435 g/mol. The fraction of sp³-hybridized carbons (Fsp3) is 0.955. The first-order valence-corrected chi connectivity index (χ1v) is 12.3. The number of nitrogens with zero attached hydrogens (tertiary/aromatic N) is 1. The number of alkyl halides is 1. The van der Waals surface area contributed by atoms with E-state index in [-0.39, 0.29) is 9.96 Å². The Morgan fingerprint density at radius 3 is 1.65 bits per heavy atom. The van der Waals surface area contributed by atoms with Crippen molar-refractivity contribution in [3.8, 4) is 0 Å². The lowest BCUT2D eigenvalue weighted by Crippen LogP contribution is -2.39. The van der Waals surface area contributed by atoms with E-state index in [4.69, 9.17) is 0 Å². The zero-order valence-electron chi connectivity index (χ0n) is 18.1. The van der Waals surface area contributed by atoms with Crippen molar-refractivity contribution in [3.63, 3.8) is 0 Å². The number of rotatable bonds is 18. The van der Waals surface area contributed by atoms with E-state index in [1.807, 2.05) is 0 Å². The monoisotopic (exact) mass is 481 g/mol. The predicted molar refractivity (Wildman–Crippen MR) is 124 cm³/mol. The van der Waals surface area contributed by atoms with Crippen molar-refractivity contribution in [3.05, 3.63) is 0 Å². The summed E-state index contributed by atoms with van der Waals surface area (Å²) in [6.45, 7) is 3.37. The van der Waals surface area contributed by atoms with Crippen LogP contribution in [0.2, 0.25) is 0 Å². The Morgan fingerprint density at radius 2 is 1.23 bits per heavy atom. The fourth-order valence-corrected chi connectivity index (χ4v) is 3.75. The number of carbonyl (C=O) groups excluding carboxylic acids is 1. The molecule has 0 heterocycles. The third-order valence-corrected chi connectivity index (χ3v) is 5.81. The highest BCUT2D eigenvalue weighted by Crippen LogP contribution is 2.13. The van der Waals surface area contributed by atoms with Crippen molar-refractivity contribution in [1.82, 2.24) is 5.32 Å². The maximum Gasteiger partial charge on any atom is 0.220 e. The predicted octanol–water partition coefficient (Wildman–Crippen LogP) is 6.44. The van der Waals surface area contributed by atoms with Gasteiger partial charge in [-0.1, -0.05) is 107 Å². The quantitative estimate of drug-likeness (QED) is 0.0788.